The topological polar surface area (TPSA) is 64.9 Å². The Hall–Kier alpha value is -1.86. The fraction of sp³-hybridized carbons (Fsp3) is 0.429. The third kappa shape index (κ3) is 4.98. The molecule has 0 saturated carbocycles. The molecule has 0 radical (unpaired) electrons. The van der Waals surface area contributed by atoms with Crippen LogP contribution in [-0.2, 0) is 4.79 Å². The number of para-hydroxylation sites is 1. The maximum Gasteiger partial charge on any atom is 0.238 e. The van der Waals surface area contributed by atoms with Crippen molar-refractivity contribution in [2.45, 2.75) is 26.2 Å². The van der Waals surface area contributed by atoms with E-state index in [-0.39, 0.29) is 12.5 Å². The molecule has 0 bridgehead atoms. The van der Waals surface area contributed by atoms with E-state index in [2.05, 4.69) is 17.6 Å². The zero-order chi connectivity index (χ0) is 13.2. The first-order valence-electron chi connectivity index (χ1n) is 6.27. The van der Waals surface area contributed by atoms with Crippen molar-refractivity contribution in [3.05, 3.63) is 29.8 Å². The second kappa shape index (κ2) is 8.26. The van der Waals surface area contributed by atoms with Gasteiger partial charge in [-0.3, -0.25) is 4.79 Å². The maximum absolute atomic E-state index is 11.6. The molecule has 0 fully saturated rings. The van der Waals surface area contributed by atoms with E-state index in [1.54, 1.807) is 24.3 Å². The van der Waals surface area contributed by atoms with Gasteiger partial charge in [0.1, 0.15) is 6.07 Å². The predicted octanol–water partition coefficient (Wildman–Crippen LogP) is 2.28. The minimum Gasteiger partial charge on any atom is -0.324 e. The van der Waals surface area contributed by atoms with Crippen LogP contribution in [0.1, 0.15) is 31.7 Å². The van der Waals surface area contributed by atoms with E-state index in [1.807, 2.05) is 6.07 Å². The molecule has 1 rings (SSSR count). The number of benzene rings is 1. The Labute approximate surface area is 108 Å². The molecule has 0 aliphatic carbocycles. The summed E-state index contributed by atoms with van der Waals surface area (Å²) in [6.07, 6.45) is 3.42. The van der Waals surface area contributed by atoms with Crippen LogP contribution in [0.5, 0.6) is 0 Å². The van der Waals surface area contributed by atoms with Crippen molar-refractivity contribution in [2.75, 3.05) is 18.4 Å². The number of amides is 1. The Bertz CT molecular complexity index is 423. The van der Waals surface area contributed by atoms with Crippen LogP contribution in [0.2, 0.25) is 0 Å². The number of carbonyl (C=O) groups is 1. The van der Waals surface area contributed by atoms with Gasteiger partial charge in [0, 0.05) is 0 Å². The summed E-state index contributed by atoms with van der Waals surface area (Å²) in [6.45, 7) is 3.27. The molecule has 0 unspecified atom stereocenters. The summed E-state index contributed by atoms with van der Waals surface area (Å²) in [7, 11) is 0. The highest BCUT2D eigenvalue weighted by Crippen LogP contribution is 2.12. The molecule has 4 nitrogen and oxygen atoms in total. The highest BCUT2D eigenvalue weighted by Gasteiger charge is 2.05. The third-order valence-electron chi connectivity index (χ3n) is 2.56. The molecule has 2 N–H and O–H groups in total. The number of unbranched alkanes of at least 4 members (excludes halogenated alkanes) is 2. The van der Waals surface area contributed by atoms with Gasteiger partial charge in [-0.15, -0.1) is 0 Å². The van der Waals surface area contributed by atoms with E-state index in [0.29, 0.717) is 11.3 Å². The largest absolute Gasteiger partial charge is 0.324 e. The molecule has 96 valence electrons. The van der Waals surface area contributed by atoms with Gasteiger partial charge in [0.2, 0.25) is 5.91 Å². The Morgan fingerprint density at radius 3 is 2.83 bits per heavy atom. The van der Waals surface area contributed by atoms with E-state index in [9.17, 15) is 4.79 Å². The summed E-state index contributed by atoms with van der Waals surface area (Å²) < 4.78 is 0. The minimum absolute atomic E-state index is 0.116. The molecule has 0 aromatic heterocycles. The van der Waals surface area contributed by atoms with Crippen LogP contribution < -0.4 is 10.6 Å². The number of rotatable bonds is 7. The predicted molar refractivity (Wildman–Crippen MR) is 72.2 cm³/mol. The van der Waals surface area contributed by atoms with Gasteiger partial charge < -0.3 is 10.6 Å². The molecule has 1 aromatic carbocycles. The molecule has 18 heavy (non-hydrogen) atoms. The molecule has 0 spiro atoms. The molecule has 0 heterocycles. The Morgan fingerprint density at radius 1 is 1.33 bits per heavy atom. The van der Waals surface area contributed by atoms with Gasteiger partial charge in [0.05, 0.1) is 17.8 Å². The van der Waals surface area contributed by atoms with Gasteiger partial charge >= 0.3 is 0 Å². The summed E-state index contributed by atoms with van der Waals surface area (Å²) in [6, 6.07) is 9.04. The van der Waals surface area contributed by atoms with Gasteiger partial charge in [0.25, 0.3) is 0 Å². The lowest BCUT2D eigenvalue weighted by Crippen LogP contribution is -2.29. The highest BCUT2D eigenvalue weighted by molar-refractivity contribution is 5.93. The first-order chi connectivity index (χ1) is 8.77. The molecule has 0 atom stereocenters. The molecule has 0 aliphatic heterocycles. The van der Waals surface area contributed by atoms with Crippen LogP contribution in [-0.4, -0.2) is 19.0 Å². The fourth-order valence-electron chi connectivity index (χ4n) is 1.59. The maximum atomic E-state index is 11.6. The lowest BCUT2D eigenvalue weighted by atomic mass is 10.2. The van der Waals surface area contributed by atoms with Crippen molar-refractivity contribution >= 4 is 11.6 Å². The summed E-state index contributed by atoms with van der Waals surface area (Å²) in [4.78, 5) is 11.6. The van der Waals surface area contributed by atoms with E-state index in [1.165, 1.54) is 12.8 Å². The van der Waals surface area contributed by atoms with Crippen molar-refractivity contribution in [3.63, 3.8) is 0 Å². The zero-order valence-corrected chi connectivity index (χ0v) is 10.7. The quantitative estimate of drug-likeness (QED) is 0.724. The fourth-order valence-corrected chi connectivity index (χ4v) is 1.59. The lowest BCUT2D eigenvalue weighted by molar-refractivity contribution is -0.115. The second-order valence-corrected chi connectivity index (χ2v) is 4.09. The van der Waals surface area contributed by atoms with Gasteiger partial charge in [-0.25, -0.2) is 0 Å². The third-order valence-corrected chi connectivity index (χ3v) is 2.56. The first kappa shape index (κ1) is 14.2. The van der Waals surface area contributed by atoms with Gasteiger partial charge in [0.15, 0.2) is 0 Å². The van der Waals surface area contributed by atoms with Gasteiger partial charge in [-0.2, -0.15) is 5.26 Å². The molecule has 0 saturated heterocycles. The number of nitrogens with one attached hydrogen (secondary N) is 2. The molecule has 1 amide bonds. The van der Waals surface area contributed by atoms with Crippen LogP contribution in [0.3, 0.4) is 0 Å². The van der Waals surface area contributed by atoms with Gasteiger partial charge in [-0.05, 0) is 25.1 Å². The second-order valence-electron chi connectivity index (χ2n) is 4.09. The van der Waals surface area contributed by atoms with Crippen molar-refractivity contribution in [2.24, 2.45) is 0 Å². The number of nitriles is 1. The van der Waals surface area contributed by atoms with Crippen LogP contribution in [0.15, 0.2) is 24.3 Å². The summed E-state index contributed by atoms with van der Waals surface area (Å²) in [5, 5.41) is 14.7. The SMILES string of the molecule is CCCCCNCC(=O)Nc1ccccc1C#N. The monoisotopic (exact) mass is 245 g/mol. The van der Waals surface area contributed by atoms with Crippen molar-refractivity contribution in [1.82, 2.24) is 5.32 Å². The Morgan fingerprint density at radius 2 is 2.11 bits per heavy atom. The van der Waals surface area contributed by atoms with Crippen LogP contribution in [0, 0.1) is 11.3 Å². The van der Waals surface area contributed by atoms with Crippen molar-refractivity contribution < 1.29 is 4.79 Å². The number of carbonyl (C=O) groups excluding carboxylic acids is 1. The van der Waals surface area contributed by atoms with Crippen LogP contribution >= 0.6 is 0 Å². The zero-order valence-electron chi connectivity index (χ0n) is 10.7. The van der Waals surface area contributed by atoms with E-state index in [0.717, 1.165) is 13.0 Å². The summed E-state index contributed by atoms with van der Waals surface area (Å²) in [5.41, 5.74) is 1.05. The van der Waals surface area contributed by atoms with Crippen LogP contribution in [0.4, 0.5) is 5.69 Å². The molecule has 4 heteroatoms. The molecule has 0 aliphatic rings. The first-order valence-corrected chi connectivity index (χ1v) is 6.27. The highest BCUT2D eigenvalue weighted by atomic mass is 16.1. The van der Waals surface area contributed by atoms with E-state index < -0.39 is 0 Å². The minimum atomic E-state index is -0.116. The average Bonchev–Trinajstić information content (AvgIpc) is 2.39. The van der Waals surface area contributed by atoms with E-state index >= 15 is 0 Å². The normalized spacial score (nSPS) is 9.78. The standard InChI is InChI=1S/C14H19N3O/c1-2-3-6-9-16-11-14(18)17-13-8-5-4-7-12(13)10-15/h4-5,7-8,16H,2-3,6,9,11H2,1H3,(H,17,18). The summed E-state index contributed by atoms with van der Waals surface area (Å²) >= 11 is 0. The number of hydrogen-bond acceptors (Lipinski definition) is 3. The summed E-state index contributed by atoms with van der Waals surface area (Å²) in [5.74, 6) is -0.116. The molecular formula is C14H19N3O. The molecular weight excluding hydrogens is 226 g/mol. The van der Waals surface area contributed by atoms with Crippen molar-refractivity contribution in [3.8, 4) is 6.07 Å². The Kier molecular flexibility index (Phi) is 6.52. The smallest absolute Gasteiger partial charge is 0.238 e. The van der Waals surface area contributed by atoms with Crippen LogP contribution in [0.25, 0.3) is 0 Å². The Balaban J connectivity index is 2.34. The lowest BCUT2D eigenvalue weighted by Gasteiger charge is -2.07. The average molecular weight is 245 g/mol. The number of anilines is 1. The van der Waals surface area contributed by atoms with Gasteiger partial charge in [-0.1, -0.05) is 31.9 Å². The number of hydrogen-bond donors (Lipinski definition) is 2. The number of nitrogens with zero attached hydrogens (tertiary/aromatic N) is 1. The van der Waals surface area contributed by atoms with E-state index in [4.69, 9.17) is 5.26 Å². The van der Waals surface area contributed by atoms with Crippen molar-refractivity contribution in [1.29, 1.82) is 5.26 Å². The molecule has 1 aromatic rings.